The van der Waals surface area contributed by atoms with Crippen LogP contribution in [0.25, 0.3) is 11.0 Å². The van der Waals surface area contributed by atoms with Gasteiger partial charge in [-0.05, 0) is 42.3 Å². The van der Waals surface area contributed by atoms with Crippen molar-refractivity contribution < 1.29 is 10.0 Å². The zero-order valence-electron chi connectivity index (χ0n) is 19.3. The second kappa shape index (κ2) is 9.67. The molecule has 1 amide bonds. The molecule has 3 heterocycles. The maximum Gasteiger partial charge on any atom is 0.274 e. The minimum atomic E-state index is -0.511. The Morgan fingerprint density at radius 3 is 2.29 bits per heavy atom. The number of hydrogen-bond donors (Lipinski definition) is 2. The molecule has 0 bridgehead atoms. The van der Waals surface area contributed by atoms with Crippen molar-refractivity contribution in [2.75, 3.05) is 31.1 Å². The van der Waals surface area contributed by atoms with Crippen LogP contribution in [0.3, 0.4) is 0 Å². The SMILES string of the molecule is Cc1ccc(CN2CCN(c3ccnc4c3ccn4Cc3ccc(C(=O)NO)cc3)CC2)cc1. The molecule has 34 heavy (non-hydrogen) atoms. The molecule has 0 unspecified atom stereocenters. The highest BCUT2D eigenvalue weighted by Gasteiger charge is 2.20. The monoisotopic (exact) mass is 455 g/mol. The largest absolute Gasteiger partial charge is 0.368 e. The number of nitrogens with one attached hydrogen (secondary N) is 1. The van der Waals surface area contributed by atoms with Gasteiger partial charge in [-0.3, -0.25) is 14.9 Å². The van der Waals surface area contributed by atoms with Crippen LogP contribution in [0.15, 0.2) is 73.1 Å². The van der Waals surface area contributed by atoms with Crippen molar-refractivity contribution in [1.82, 2.24) is 19.9 Å². The number of piperazine rings is 1. The summed E-state index contributed by atoms with van der Waals surface area (Å²) < 4.78 is 2.13. The molecule has 0 atom stereocenters. The summed E-state index contributed by atoms with van der Waals surface area (Å²) in [5.74, 6) is -0.511. The van der Waals surface area contributed by atoms with Gasteiger partial charge in [0.05, 0.1) is 0 Å². The van der Waals surface area contributed by atoms with Gasteiger partial charge in [0.2, 0.25) is 0 Å². The number of aryl methyl sites for hydroxylation is 1. The van der Waals surface area contributed by atoms with Gasteiger partial charge in [-0.25, -0.2) is 10.5 Å². The normalized spacial score (nSPS) is 14.5. The first-order chi connectivity index (χ1) is 16.6. The van der Waals surface area contributed by atoms with E-state index in [2.05, 4.69) is 68.9 Å². The highest BCUT2D eigenvalue weighted by Crippen LogP contribution is 2.28. The number of benzene rings is 2. The van der Waals surface area contributed by atoms with Crippen molar-refractivity contribution in [2.45, 2.75) is 20.0 Å². The lowest BCUT2D eigenvalue weighted by atomic mass is 10.1. The molecule has 2 N–H and O–H groups in total. The zero-order valence-corrected chi connectivity index (χ0v) is 19.3. The minimum Gasteiger partial charge on any atom is -0.368 e. The number of amides is 1. The number of anilines is 1. The van der Waals surface area contributed by atoms with E-state index < -0.39 is 5.91 Å². The van der Waals surface area contributed by atoms with Crippen molar-refractivity contribution in [2.24, 2.45) is 0 Å². The second-order valence-electron chi connectivity index (χ2n) is 8.90. The number of carbonyl (C=O) groups is 1. The molecule has 1 saturated heterocycles. The fourth-order valence-electron chi connectivity index (χ4n) is 4.60. The van der Waals surface area contributed by atoms with Crippen LogP contribution in [0.4, 0.5) is 5.69 Å². The molecule has 0 spiro atoms. The van der Waals surface area contributed by atoms with Crippen LogP contribution >= 0.6 is 0 Å². The number of hydroxylamine groups is 1. The van der Waals surface area contributed by atoms with E-state index in [0.717, 1.165) is 49.3 Å². The topological polar surface area (TPSA) is 73.6 Å². The number of carbonyl (C=O) groups excluding carboxylic acids is 1. The van der Waals surface area contributed by atoms with Gasteiger partial charge < -0.3 is 9.47 Å². The standard InChI is InChI=1S/C27H29N5O2/c1-20-2-4-21(5-3-20)18-30-14-16-31(17-15-30)25-10-12-28-26-24(25)11-13-32(26)19-22-6-8-23(9-7-22)27(33)29-34/h2-13,34H,14-19H2,1H3,(H,29,33). The number of nitrogens with zero attached hydrogens (tertiary/aromatic N) is 4. The molecule has 1 aliphatic rings. The van der Waals surface area contributed by atoms with Gasteiger partial charge in [0.1, 0.15) is 5.65 Å². The lowest BCUT2D eigenvalue weighted by molar-refractivity contribution is 0.0706. The van der Waals surface area contributed by atoms with Crippen molar-refractivity contribution >= 4 is 22.6 Å². The number of fused-ring (bicyclic) bond motifs is 1. The summed E-state index contributed by atoms with van der Waals surface area (Å²) in [6.45, 7) is 7.83. The Morgan fingerprint density at radius 1 is 0.912 bits per heavy atom. The van der Waals surface area contributed by atoms with E-state index in [0.29, 0.717) is 12.1 Å². The highest BCUT2D eigenvalue weighted by molar-refractivity contribution is 5.93. The molecule has 1 aliphatic heterocycles. The maximum atomic E-state index is 11.5. The van der Waals surface area contributed by atoms with Crippen LogP contribution in [0.5, 0.6) is 0 Å². The fraction of sp³-hybridized carbons (Fsp3) is 0.259. The summed E-state index contributed by atoms with van der Waals surface area (Å²) in [7, 11) is 0. The third-order valence-electron chi connectivity index (χ3n) is 6.55. The van der Waals surface area contributed by atoms with Gasteiger partial charge in [-0.2, -0.15) is 0 Å². The molecule has 174 valence electrons. The van der Waals surface area contributed by atoms with Crippen molar-refractivity contribution in [1.29, 1.82) is 0 Å². The molecule has 7 nitrogen and oxygen atoms in total. The molecule has 7 heteroatoms. The Labute approximate surface area is 199 Å². The first-order valence-electron chi connectivity index (χ1n) is 11.6. The average Bonchev–Trinajstić information content (AvgIpc) is 3.29. The van der Waals surface area contributed by atoms with Crippen LogP contribution in [0.1, 0.15) is 27.0 Å². The zero-order chi connectivity index (χ0) is 23.5. The van der Waals surface area contributed by atoms with E-state index in [4.69, 9.17) is 5.21 Å². The Balaban J connectivity index is 1.27. The van der Waals surface area contributed by atoms with Gasteiger partial charge in [0.25, 0.3) is 5.91 Å². The lowest BCUT2D eigenvalue weighted by Crippen LogP contribution is -2.46. The molecule has 5 rings (SSSR count). The van der Waals surface area contributed by atoms with Crippen LogP contribution < -0.4 is 10.4 Å². The van der Waals surface area contributed by atoms with Crippen molar-refractivity contribution in [3.63, 3.8) is 0 Å². The number of rotatable bonds is 6. The third-order valence-corrected chi connectivity index (χ3v) is 6.55. The molecule has 2 aromatic heterocycles. The molecule has 4 aromatic rings. The molecule has 2 aromatic carbocycles. The second-order valence-corrected chi connectivity index (χ2v) is 8.90. The number of hydrogen-bond acceptors (Lipinski definition) is 5. The minimum absolute atomic E-state index is 0.422. The molecule has 1 fully saturated rings. The third kappa shape index (κ3) is 4.66. The molecule has 0 radical (unpaired) electrons. The molecule has 0 saturated carbocycles. The summed E-state index contributed by atoms with van der Waals surface area (Å²) >= 11 is 0. The highest BCUT2D eigenvalue weighted by atomic mass is 16.5. The van der Waals surface area contributed by atoms with E-state index in [9.17, 15) is 4.79 Å². The lowest BCUT2D eigenvalue weighted by Gasteiger charge is -2.36. The van der Waals surface area contributed by atoms with Gasteiger partial charge in [0, 0.05) is 68.3 Å². The molecule has 0 aliphatic carbocycles. The predicted molar refractivity (Wildman–Crippen MR) is 133 cm³/mol. The van der Waals surface area contributed by atoms with Gasteiger partial charge in [0.15, 0.2) is 0 Å². The van der Waals surface area contributed by atoms with Gasteiger partial charge in [-0.15, -0.1) is 0 Å². The first-order valence-corrected chi connectivity index (χ1v) is 11.6. The molecular formula is C27H29N5O2. The summed E-state index contributed by atoms with van der Waals surface area (Å²) in [6, 6.07) is 20.3. The Hall–Kier alpha value is -3.68. The quantitative estimate of drug-likeness (QED) is 0.341. The Kier molecular flexibility index (Phi) is 6.29. The molecular weight excluding hydrogens is 426 g/mol. The first kappa shape index (κ1) is 22.1. The van der Waals surface area contributed by atoms with Crippen LogP contribution in [-0.2, 0) is 13.1 Å². The smallest absolute Gasteiger partial charge is 0.274 e. The van der Waals surface area contributed by atoms with Gasteiger partial charge >= 0.3 is 0 Å². The van der Waals surface area contributed by atoms with Crippen LogP contribution in [0.2, 0.25) is 0 Å². The van der Waals surface area contributed by atoms with Gasteiger partial charge in [-0.1, -0.05) is 42.0 Å². The summed E-state index contributed by atoms with van der Waals surface area (Å²) in [6.07, 6.45) is 3.96. The average molecular weight is 456 g/mol. The summed E-state index contributed by atoms with van der Waals surface area (Å²) in [4.78, 5) is 21.2. The van der Waals surface area contributed by atoms with E-state index in [1.54, 1.807) is 17.6 Å². The predicted octanol–water partition coefficient (Wildman–Crippen LogP) is 3.83. The summed E-state index contributed by atoms with van der Waals surface area (Å²) in [5, 5.41) is 9.95. The Bertz CT molecular complexity index is 1270. The van der Waals surface area contributed by atoms with Crippen LogP contribution in [-0.4, -0.2) is 51.7 Å². The Morgan fingerprint density at radius 2 is 1.59 bits per heavy atom. The summed E-state index contributed by atoms with van der Waals surface area (Å²) in [5.41, 5.74) is 8.00. The van der Waals surface area contributed by atoms with Crippen molar-refractivity contribution in [3.05, 3.63) is 95.3 Å². The number of pyridine rings is 1. The van der Waals surface area contributed by atoms with Crippen LogP contribution in [0, 0.1) is 6.92 Å². The van der Waals surface area contributed by atoms with Crippen molar-refractivity contribution in [3.8, 4) is 0 Å². The van der Waals surface area contributed by atoms with E-state index >= 15 is 0 Å². The van der Waals surface area contributed by atoms with E-state index in [1.807, 2.05) is 18.3 Å². The van der Waals surface area contributed by atoms with E-state index in [-0.39, 0.29) is 0 Å². The van der Waals surface area contributed by atoms with E-state index in [1.165, 1.54) is 16.8 Å². The number of aromatic nitrogens is 2. The fourth-order valence-corrected chi connectivity index (χ4v) is 4.60. The maximum absolute atomic E-state index is 11.5.